The zero-order valence-corrected chi connectivity index (χ0v) is 29.9. The van der Waals surface area contributed by atoms with Crippen LogP contribution in [0.4, 0.5) is 0 Å². The number of halogens is 1. The standard InChI is InChI=1S/C44H45ClN2/c1-27-22-29(3)42-38(25-27)46-36-13-11-10-12-32(36)26-39(46)47(42)37-24-28(2)23-35(41(37)45)40(30-14-18-33(19-15-30)43(4,5)6)31-16-20-34(21-17-31)44(7,8)9/h10-26,40H,1-9H3. The number of hydrogen-bond donors (Lipinski definition) is 0. The Kier molecular flexibility index (Phi) is 7.45. The molecule has 0 radical (unpaired) electrons. The highest BCUT2D eigenvalue weighted by molar-refractivity contribution is 6.33. The van der Waals surface area contributed by atoms with E-state index in [0.717, 1.165) is 21.9 Å². The van der Waals surface area contributed by atoms with Gasteiger partial charge in [-0.25, -0.2) is 0 Å². The van der Waals surface area contributed by atoms with Gasteiger partial charge >= 0.3 is 0 Å². The summed E-state index contributed by atoms with van der Waals surface area (Å²) in [6.07, 6.45) is 0. The lowest BCUT2D eigenvalue weighted by molar-refractivity contribution is 0.589. The Morgan fingerprint density at radius 2 is 1.15 bits per heavy atom. The first-order chi connectivity index (χ1) is 22.2. The maximum absolute atomic E-state index is 7.73. The van der Waals surface area contributed by atoms with E-state index in [1.54, 1.807) is 0 Å². The molecule has 2 heterocycles. The summed E-state index contributed by atoms with van der Waals surface area (Å²) in [5, 5.41) is 2.00. The molecular formula is C44H45ClN2. The van der Waals surface area contributed by atoms with Crippen molar-refractivity contribution in [2.45, 2.75) is 79.1 Å². The van der Waals surface area contributed by atoms with Crippen molar-refractivity contribution in [3.05, 3.63) is 153 Å². The predicted octanol–water partition coefficient (Wildman–Crippen LogP) is 12.4. The number of aryl methyl sites for hydroxylation is 3. The number of nitrogens with zero attached hydrogens (tertiary/aromatic N) is 2. The third kappa shape index (κ3) is 5.37. The number of hydrogen-bond acceptors (Lipinski definition) is 0. The third-order valence-electron chi connectivity index (χ3n) is 9.81. The second-order valence-electron chi connectivity index (χ2n) is 15.5. The Morgan fingerprint density at radius 1 is 0.596 bits per heavy atom. The molecule has 0 unspecified atom stereocenters. The van der Waals surface area contributed by atoms with E-state index in [9.17, 15) is 0 Å². The second-order valence-corrected chi connectivity index (χ2v) is 15.9. The van der Waals surface area contributed by atoms with Crippen LogP contribution in [0.3, 0.4) is 0 Å². The van der Waals surface area contributed by atoms with Gasteiger partial charge in [-0.3, -0.25) is 8.97 Å². The van der Waals surface area contributed by atoms with Gasteiger partial charge in [-0.2, -0.15) is 0 Å². The molecule has 238 valence electrons. The van der Waals surface area contributed by atoms with Gasteiger partial charge in [0.2, 0.25) is 0 Å². The monoisotopic (exact) mass is 636 g/mol. The predicted molar refractivity (Wildman–Crippen MR) is 202 cm³/mol. The highest BCUT2D eigenvalue weighted by atomic mass is 35.5. The van der Waals surface area contributed by atoms with Crippen molar-refractivity contribution in [1.82, 2.24) is 8.97 Å². The smallest absolute Gasteiger partial charge is 0.123 e. The minimum Gasteiger partial charge on any atom is -0.293 e. The fourth-order valence-corrected chi connectivity index (χ4v) is 7.67. The van der Waals surface area contributed by atoms with Gasteiger partial charge in [0.15, 0.2) is 0 Å². The Bertz CT molecular complexity index is 2220. The highest BCUT2D eigenvalue weighted by Crippen LogP contribution is 2.43. The molecule has 7 rings (SSSR count). The Balaban J connectivity index is 1.52. The van der Waals surface area contributed by atoms with Crippen LogP contribution in [0, 0.1) is 20.8 Å². The van der Waals surface area contributed by atoms with Gasteiger partial charge in [0.05, 0.1) is 27.3 Å². The van der Waals surface area contributed by atoms with Gasteiger partial charge in [0.1, 0.15) is 5.65 Å². The fraction of sp³-hybridized carbons (Fsp3) is 0.273. The lowest BCUT2D eigenvalue weighted by Gasteiger charge is -2.26. The van der Waals surface area contributed by atoms with Crippen LogP contribution in [0.15, 0.2) is 103 Å². The summed E-state index contributed by atoms with van der Waals surface area (Å²) in [6, 6.07) is 38.4. The Hall–Kier alpha value is -4.27. The van der Waals surface area contributed by atoms with E-state index in [2.05, 4.69) is 174 Å². The van der Waals surface area contributed by atoms with Gasteiger partial charge in [-0.05, 0) is 100 Å². The van der Waals surface area contributed by atoms with Gasteiger partial charge in [0, 0.05) is 11.3 Å². The summed E-state index contributed by atoms with van der Waals surface area (Å²) >= 11 is 7.73. The first-order valence-corrected chi connectivity index (χ1v) is 17.1. The van der Waals surface area contributed by atoms with Crippen LogP contribution in [0.5, 0.6) is 0 Å². The maximum Gasteiger partial charge on any atom is 0.123 e. The SMILES string of the molecule is Cc1cc(C(c2ccc(C(C)(C)C)cc2)c2ccc(C(C)(C)C)cc2)c(Cl)c(-n2c3c(C)cc(C)cc3n3c4ccccc4cc23)c1. The Morgan fingerprint density at radius 3 is 1.72 bits per heavy atom. The number of benzene rings is 5. The van der Waals surface area contributed by atoms with Crippen molar-refractivity contribution in [3.63, 3.8) is 0 Å². The molecule has 0 saturated heterocycles. The van der Waals surface area contributed by atoms with E-state index in [4.69, 9.17) is 11.6 Å². The molecule has 5 aromatic carbocycles. The quantitative estimate of drug-likeness (QED) is 0.170. The minimum atomic E-state index is -0.0313. The average Bonchev–Trinajstić information content (AvgIpc) is 3.54. The summed E-state index contributed by atoms with van der Waals surface area (Å²) in [7, 11) is 0. The number of fused-ring (bicyclic) bond motifs is 5. The Labute approximate surface area is 284 Å². The van der Waals surface area contributed by atoms with Crippen molar-refractivity contribution in [2.24, 2.45) is 0 Å². The van der Waals surface area contributed by atoms with E-state index in [1.165, 1.54) is 60.9 Å². The summed E-state index contributed by atoms with van der Waals surface area (Å²) in [4.78, 5) is 0. The van der Waals surface area contributed by atoms with Crippen LogP contribution in [0.2, 0.25) is 5.02 Å². The van der Waals surface area contributed by atoms with Crippen molar-refractivity contribution in [3.8, 4) is 5.69 Å². The molecule has 7 aromatic rings. The van der Waals surface area contributed by atoms with Crippen molar-refractivity contribution in [1.29, 1.82) is 0 Å². The van der Waals surface area contributed by atoms with Crippen molar-refractivity contribution in [2.75, 3.05) is 0 Å². The fourth-order valence-electron chi connectivity index (χ4n) is 7.37. The molecule has 0 aliphatic heterocycles. The van der Waals surface area contributed by atoms with Gasteiger partial charge in [-0.1, -0.05) is 132 Å². The van der Waals surface area contributed by atoms with Crippen LogP contribution in [0.1, 0.15) is 92.0 Å². The first-order valence-electron chi connectivity index (χ1n) is 16.8. The summed E-state index contributed by atoms with van der Waals surface area (Å²) < 4.78 is 4.79. The van der Waals surface area contributed by atoms with E-state index < -0.39 is 0 Å². The second kappa shape index (κ2) is 11.2. The molecule has 0 saturated carbocycles. The minimum absolute atomic E-state index is 0.0313. The third-order valence-corrected chi connectivity index (χ3v) is 10.2. The summed E-state index contributed by atoms with van der Waals surface area (Å²) in [5.41, 5.74) is 15.8. The van der Waals surface area contributed by atoms with Crippen molar-refractivity contribution >= 4 is 39.2 Å². The van der Waals surface area contributed by atoms with E-state index in [0.29, 0.717) is 0 Å². The summed E-state index contributed by atoms with van der Waals surface area (Å²) in [6.45, 7) is 20.2. The maximum atomic E-state index is 7.73. The normalized spacial score (nSPS) is 12.7. The molecule has 0 bridgehead atoms. The van der Waals surface area contributed by atoms with Gasteiger partial charge in [-0.15, -0.1) is 0 Å². The molecule has 47 heavy (non-hydrogen) atoms. The number of rotatable bonds is 4. The van der Waals surface area contributed by atoms with E-state index in [1.807, 2.05) is 0 Å². The van der Waals surface area contributed by atoms with Crippen LogP contribution < -0.4 is 0 Å². The van der Waals surface area contributed by atoms with E-state index >= 15 is 0 Å². The lowest BCUT2D eigenvalue weighted by Crippen LogP contribution is -2.13. The molecule has 2 nitrogen and oxygen atoms in total. The highest BCUT2D eigenvalue weighted by Gasteiger charge is 2.26. The first kappa shape index (κ1) is 31.3. The van der Waals surface area contributed by atoms with Crippen LogP contribution in [-0.4, -0.2) is 8.97 Å². The molecule has 0 spiro atoms. The molecule has 0 amide bonds. The van der Waals surface area contributed by atoms with Gasteiger partial charge in [0.25, 0.3) is 0 Å². The zero-order valence-electron chi connectivity index (χ0n) is 29.2. The number of aromatic nitrogens is 2. The molecule has 0 aliphatic rings. The molecule has 0 atom stereocenters. The molecule has 0 N–H and O–H groups in total. The molecule has 3 heteroatoms. The molecule has 0 aliphatic carbocycles. The largest absolute Gasteiger partial charge is 0.293 e. The van der Waals surface area contributed by atoms with E-state index in [-0.39, 0.29) is 16.7 Å². The topological polar surface area (TPSA) is 9.34 Å². The van der Waals surface area contributed by atoms with Crippen LogP contribution in [0.25, 0.3) is 33.3 Å². The molecular weight excluding hydrogens is 592 g/mol. The molecule has 2 aromatic heterocycles. The zero-order chi connectivity index (χ0) is 33.4. The van der Waals surface area contributed by atoms with Gasteiger partial charge < -0.3 is 0 Å². The van der Waals surface area contributed by atoms with Crippen LogP contribution >= 0.6 is 11.6 Å². The lowest BCUT2D eigenvalue weighted by atomic mass is 9.80. The van der Waals surface area contributed by atoms with Crippen molar-refractivity contribution < 1.29 is 0 Å². The number of para-hydroxylation sites is 1. The summed E-state index contributed by atoms with van der Waals surface area (Å²) in [5.74, 6) is -0.0313. The van der Waals surface area contributed by atoms with Crippen LogP contribution in [-0.2, 0) is 10.8 Å². The number of imidazole rings is 1. The average molecular weight is 637 g/mol. The molecule has 0 fully saturated rings.